The quantitative estimate of drug-likeness (QED) is 0.558. The van der Waals surface area contributed by atoms with Gasteiger partial charge in [-0.3, -0.25) is 14.7 Å². The molecule has 1 fully saturated rings. The normalized spacial score (nSPS) is 14.9. The molecule has 9 heteroatoms. The summed E-state index contributed by atoms with van der Waals surface area (Å²) in [4.78, 5) is 27.3. The molecule has 28 heavy (non-hydrogen) atoms. The Morgan fingerprint density at radius 1 is 1.21 bits per heavy atom. The topological polar surface area (TPSA) is 97.0 Å². The Hall–Kier alpha value is -3.17. The predicted octanol–water partition coefficient (Wildman–Crippen LogP) is 2.78. The number of carbonyl (C=O) groups excluding carboxylic acids is 1. The molecule has 4 aromatic rings. The fourth-order valence-corrected chi connectivity index (χ4v) is 4.04. The lowest BCUT2D eigenvalue weighted by Crippen LogP contribution is -2.48. The number of benzene rings is 1. The van der Waals surface area contributed by atoms with Crippen molar-refractivity contribution in [2.75, 3.05) is 25.0 Å². The Bertz CT molecular complexity index is 1090. The van der Waals surface area contributed by atoms with Gasteiger partial charge in [-0.05, 0) is 24.3 Å². The molecule has 0 bridgehead atoms. The Morgan fingerprint density at radius 2 is 2.11 bits per heavy atom. The first-order chi connectivity index (χ1) is 13.7. The van der Waals surface area contributed by atoms with Gasteiger partial charge in [-0.1, -0.05) is 28.6 Å². The first-order valence-electron chi connectivity index (χ1n) is 8.86. The summed E-state index contributed by atoms with van der Waals surface area (Å²) in [5.74, 6) is 1.21. The van der Waals surface area contributed by atoms with E-state index in [-0.39, 0.29) is 11.8 Å². The molecule has 1 saturated heterocycles. The number of rotatable bonds is 5. The Kier molecular flexibility index (Phi) is 4.30. The van der Waals surface area contributed by atoms with E-state index in [0.29, 0.717) is 36.5 Å². The summed E-state index contributed by atoms with van der Waals surface area (Å²) in [6.07, 6.45) is 3.40. The molecule has 1 aliphatic heterocycles. The standard InChI is InChI=1S/C19H16N6O2S/c26-16(22-19-21-14-5-1-2-6-15(14)28-19)11-25-9-13(10-25)18-23-17(24-27-18)12-4-3-7-20-8-12/h1-8,13H,9-11H2,(H,21,22,26). The number of carbonyl (C=O) groups is 1. The van der Waals surface area contributed by atoms with E-state index in [9.17, 15) is 4.79 Å². The van der Waals surface area contributed by atoms with E-state index < -0.39 is 0 Å². The third kappa shape index (κ3) is 3.37. The van der Waals surface area contributed by atoms with Gasteiger partial charge in [-0.25, -0.2) is 4.98 Å². The minimum atomic E-state index is -0.0703. The largest absolute Gasteiger partial charge is 0.339 e. The van der Waals surface area contributed by atoms with E-state index in [4.69, 9.17) is 4.52 Å². The summed E-state index contributed by atoms with van der Waals surface area (Å²) in [5, 5.41) is 7.53. The van der Waals surface area contributed by atoms with E-state index in [1.807, 2.05) is 41.3 Å². The minimum absolute atomic E-state index is 0.0703. The first-order valence-corrected chi connectivity index (χ1v) is 9.68. The van der Waals surface area contributed by atoms with Crippen LogP contribution in [0.15, 0.2) is 53.3 Å². The molecule has 8 nitrogen and oxygen atoms in total. The van der Waals surface area contributed by atoms with Gasteiger partial charge in [0, 0.05) is 31.0 Å². The number of nitrogens with one attached hydrogen (secondary N) is 1. The van der Waals surface area contributed by atoms with Crippen LogP contribution >= 0.6 is 11.3 Å². The van der Waals surface area contributed by atoms with E-state index in [1.165, 1.54) is 11.3 Å². The molecule has 4 heterocycles. The third-order valence-electron chi connectivity index (χ3n) is 4.58. The van der Waals surface area contributed by atoms with Gasteiger partial charge in [0.15, 0.2) is 5.13 Å². The molecular formula is C19H16N6O2S. The summed E-state index contributed by atoms with van der Waals surface area (Å²) < 4.78 is 6.44. The highest BCUT2D eigenvalue weighted by Crippen LogP contribution is 2.28. The summed E-state index contributed by atoms with van der Waals surface area (Å²) in [7, 11) is 0. The molecular weight excluding hydrogens is 376 g/mol. The van der Waals surface area contributed by atoms with Gasteiger partial charge in [0.25, 0.3) is 0 Å². The lowest BCUT2D eigenvalue weighted by Gasteiger charge is -2.36. The van der Waals surface area contributed by atoms with Gasteiger partial charge in [0.2, 0.25) is 17.6 Å². The van der Waals surface area contributed by atoms with Crippen LogP contribution in [0.1, 0.15) is 11.8 Å². The number of para-hydroxylation sites is 1. The van der Waals surface area contributed by atoms with Crippen LogP contribution < -0.4 is 5.32 Å². The average molecular weight is 392 g/mol. The maximum Gasteiger partial charge on any atom is 0.240 e. The van der Waals surface area contributed by atoms with Crippen LogP contribution in [0.4, 0.5) is 5.13 Å². The van der Waals surface area contributed by atoms with Crippen LogP contribution in [-0.4, -0.2) is 50.5 Å². The second-order valence-corrected chi connectivity index (χ2v) is 7.65. The highest BCUT2D eigenvalue weighted by molar-refractivity contribution is 7.22. The number of pyridine rings is 1. The zero-order chi connectivity index (χ0) is 18.9. The Balaban J connectivity index is 1.15. The molecule has 5 rings (SSSR count). The summed E-state index contributed by atoms with van der Waals surface area (Å²) >= 11 is 1.48. The summed E-state index contributed by atoms with van der Waals surface area (Å²) in [6.45, 7) is 1.74. The second kappa shape index (κ2) is 7.10. The molecule has 1 aromatic carbocycles. The van der Waals surface area contributed by atoms with E-state index in [0.717, 1.165) is 15.8 Å². The van der Waals surface area contributed by atoms with Crippen LogP contribution in [0.25, 0.3) is 21.6 Å². The Labute approximate surface area is 164 Å². The van der Waals surface area contributed by atoms with Crippen LogP contribution in [-0.2, 0) is 4.79 Å². The molecule has 140 valence electrons. The fraction of sp³-hybridized carbons (Fsp3) is 0.211. The molecule has 0 atom stereocenters. The number of aromatic nitrogens is 4. The van der Waals surface area contributed by atoms with Crippen molar-refractivity contribution in [1.82, 2.24) is 25.0 Å². The number of nitrogens with zero attached hydrogens (tertiary/aromatic N) is 5. The fourth-order valence-electron chi connectivity index (χ4n) is 3.16. The monoisotopic (exact) mass is 392 g/mol. The van der Waals surface area contributed by atoms with Gasteiger partial charge in [-0.15, -0.1) is 0 Å². The van der Waals surface area contributed by atoms with Crippen LogP contribution in [0, 0.1) is 0 Å². The van der Waals surface area contributed by atoms with Crippen molar-refractivity contribution in [2.45, 2.75) is 5.92 Å². The molecule has 1 aliphatic rings. The predicted molar refractivity (Wildman–Crippen MR) is 105 cm³/mol. The maximum atomic E-state index is 12.3. The summed E-state index contributed by atoms with van der Waals surface area (Å²) in [6, 6.07) is 11.6. The van der Waals surface area contributed by atoms with Gasteiger partial charge >= 0.3 is 0 Å². The number of anilines is 1. The lowest BCUT2D eigenvalue weighted by molar-refractivity contribution is -0.118. The van der Waals surface area contributed by atoms with Crippen molar-refractivity contribution in [1.29, 1.82) is 0 Å². The van der Waals surface area contributed by atoms with Gasteiger partial charge < -0.3 is 9.84 Å². The second-order valence-electron chi connectivity index (χ2n) is 6.62. The minimum Gasteiger partial charge on any atom is -0.339 e. The number of likely N-dealkylation sites (tertiary alicyclic amines) is 1. The van der Waals surface area contributed by atoms with Crippen molar-refractivity contribution < 1.29 is 9.32 Å². The van der Waals surface area contributed by atoms with E-state index in [2.05, 4.69) is 25.4 Å². The highest BCUT2D eigenvalue weighted by Gasteiger charge is 2.33. The zero-order valence-electron chi connectivity index (χ0n) is 14.8. The first kappa shape index (κ1) is 17.0. The van der Waals surface area contributed by atoms with Crippen molar-refractivity contribution in [2.24, 2.45) is 0 Å². The van der Waals surface area contributed by atoms with Gasteiger partial charge in [-0.2, -0.15) is 4.98 Å². The SMILES string of the molecule is O=C(CN1CC(c2nc(-c3cccnc3)no2)C1)Nc1nc2ccccc2s1. The molecule has 0 radical (unpaired) electrons. The van der Waals surface area contributed by atoms with Crippen molar-refractivity contribution in [3.63, 3.8) is 0 Å². The highest BCUT2D eigenvalue weighted by atomic mass is 32.1. The van der Waals surface area contributed by atoms with Crippen LogP contribution in [0.3, 0.4) is 0 Å². The maximum absolute atomic E-state index is 12.3. The van der Waals surface area contributed by atoms with Crippen molar-refractivity contribution in [3.05, 3.63) is 54.7 Å². The number of hydrogen-bond donors (Lipinski definition) is 1. The number of thiazole rings is 1. The van der Waals surface area contributed by atoms with Gasteiger partial charge in [0.05, 0.1) is 22.7 Å². The molecule has 1 N–H and O–H groups in total. The smallest absolute Gasteiger partial charge is 0.240 e. The molecule has 0 unspecified atom stereocenters. The lowest BCUT2D eigenvalue weighted by atomic mass is 10.0. The van der Waals surface area contributed by atoms with Gasteiger partial charge in [0.1, 0.15) is 0 Å². The molecule has 1 amide bonds. The number of amides is 1. The molecule has 0 spiro atoms. The number of fused-ring (bicyclic) bond motifs is 1. The molecule has 0 saturated carbocycles. The molecule has 3 aromatic heterocycles. The average Bonchev–Trinajstić information content (AvgIpc) is 3.31. The van der Waals surface area contributed by atoms with Crippen molar-refractivity contribution >= 4 is 32.6 Å². The third-order valence-corrected chi connectivity index (χ3v) is 5.53. The van der Waals surface area contributed by atoms with Crippen LogP contribution in [0.5, 0.6) is 0 Å². The Morgan fingerprint density at radius 3 is 2.93 bits per heavy atom. The van der Waals surface area contributed by atoms with Crippen LogP contribution in [0.2, 0.25) is 0 Å². The number of hydrogen-bond acceptors (Lipinski definition) is 8. The van der Waals surface area contributed by atoms with E-state index in [1.54, 1.807) is 12.4 Å². The van der Waals surface area contributed by atoms with Crippen molar-refractivity contribution in [3.8, 4) is 11.4 Å². The summed E-state index contributed by atoms with van der Waals surface area (Å²) in [5.41, 5.74) is 1.72. The zero-order valence-corrected chi connectivity index (χ0v) is 15.6. The van der Waals surface area contributed by atoms with E-state index >= 15 is 0 Å². The molecule has 0 aliphatic carbocycles.